The summed E-state index contributed by atoms with van der Waals surface area (Å²) in [6.45, 7) is 6.10. The van der Waals surface area contributed by atoms with Crippen LogP contribution in [0, 0.1) is 17.2 Å². The van der Waals surface area contributed by atoms with Gasteiger partial charge in [0, 0.05) is 19.7 Å². The normalized spacial score (nSPS) is 29.0. The van der Waals surface area contributed by atoms with Crippen LogP contribution in [0.4, 0.5) is 0 Å². The molecular weight excluding hydrogens is 262 g/mol. The van der Waals surface area contributed by atoms with Crippen LogP contribution >= 0.6 is 0 Å². The van der Waals surface area contributed by atoms with Crippen molar-refractivity contribution in [3.63, 3.8) is 0 Å². The van der Waals surface area contributed by atoms with Crippen LogP contribution in [0.25, 0.3) is 0 Å². The smallest absolute Gasteiger partial charge is 0.109 e. The molecular formula is C17H31N3O. The van der Waals surface area contributed by atoms with Crippen molar-refractivity contribution in [1.29, 1.82) is 5.26 Å². The Balaban J connectivity index is 1.86. The van der Waals surface area contributed by atoms with Gasteiger partial charge in [-0.25, -0.2) is 0 Å². The van der Waals surface area contributed by atoms with Gasteiger partial charge in [-0.15, -0.1) is 0 Å². The van der Waals surface area contributed by atoms with Crippen molar-refractivity contribution in [1.82, 2.24) is 10.2 Å². The summed E-state index contributed by atoms with van der Waals surface area (Å²) in [4.78, 5) is 2.57. The molecule has 0 aromatic carbocycles. The molecule has 0 amide bonds. The summed E-state index contributed by atoms with van der Waals surface area (Å²) in [5.74, 6) is 0.512. The Morgan fingerprint density at radius 2 is 2.14 bits per heavy atom. The number of nitrogens with zero attached hydrogens (tertiary/aromatic N) is 2. The minimum atomic E-state index is -0.257. The second-order valence-corrected chi connectivity index (χ2v) is 6.65. The van der Waals surface area contributed by atoms with E-state index in [0.717, 1.165) is 51.5 Å². The third kappa shape index (κ3) is 4.42. The third-order valence-corrected chi connectivity index (χ3v) is 5.12. The molecule has 2 unspecified atom stereocenters. The van der Waals surface area contributed by atoms with Crippen molar-refractivity contribution in [2.75, 3.05) is 33.4 Å². The molecule has 0 bridgehead atoms. The summed E-state index contributed by atoms with van der Waals surface area (Å²) in [5, 5.41) is 13.2. The van der Waals surface area contributed by atoms with Crippen molar-refractivity contribution < 1.29 is 4.74 Å². The summed E-state index contributed by atoms with van der Waals surface area (Å²) in [5.41, 5.74) is -0.257. The zero-order valence-electron chi connectivity index (χ0n) is 13.7. The average molecular weight is 293 g/mol. The Morgan fingerprint density at radius 1 is 1.33 bits per heavy atom. The van der Waals surface area contributed by atoms with Gasteiger partial charge in [0.25, 0.3) is 0 Å². The molecule has 4 nitrogen and oxygen atoms in total. The van der Waals surface area contributed by atoms with E-state index in [2.05, 4.69) is 23.2 Å². The van der Waals surface area contributed by atoms with Gasteiger partial charge in [0.05, 0.1) is 12.7 Å². The fourth-order valence-corrected chi connectivity index (χ4v) is 3.68. The first-order valence-electron chi connectivity index (χ1n) is 8.65. The lowest BCUT2D eigenvalue weighted by Gasteiger charge is -2.32. The van der Waals surface area contributed by atoms with Gasteiger partial charge in [-0.05, 0) is 57.5 Å². The molecule has 4 heteroatoms. The molecule has 0 aromatic heterocycles. The first kappa shape index (κ1) is 16.7. The zero-order chi connectivity index (χ0) is 15.1. The lowest BCUT2D eigenvalue weighted by Crippen LogP contribution is -2.48. The number of nitriles is 1. The van der Waals surface area contributed by atoms with Gasteiger partial charge >= 0.3 is 0 Å². The van der Waals surface area contributed by atoms with Crippen LogP contribution in [0.2, 0.25) is 0 Å². The lowest BCUT2D eigenvalue weighted by atomic mass is 9.85. The fourth-order valence-electron chi connectivity index (χ4n) is 3.68. The Hall–Kier alpha value is -0.630. The monoisotopic (exact) mass is 293 g/mol. The quantitative estimate of drug-likeness (QED) is 0.672. The lowest BCUT2D eigenvalue weighted by molar-refractivity contribution is 0.135. The SMILES string of the molecule is CCCNC1(C#N)CCCC1CCN(CCOC)C1CC1. The van der Waals surface area contributed by atoms with Gasteiger partial charge in [-0.1, -0.05) is 13.3 Å². The van der Waals surface area contributed by atoms with Gasteiger partial charge in [-0.2, -0.15) is 5.26 Å². The number of rotatable bonds is 10. The van der Waals surface area contributed by atoms with Crippen molar-refractivity contribution in [3.05, 3.63) is 0 Å². The first-order valence-corrected chi connectivity index (χ1v) is 8.65. The first-order chi connectivity index (χ1) is 10.3. The molecule has 120 valence electrons. The maximum atomic E-state index is 9.70. The summed E-state index contributed by atoms with van der Waals surface area (Å²) in [6.07, 6.45) is 8.33. The van der Waals surface area contributed by atoms with Gasteiger partial charge in [0.1, 0.15) is 5.54 Å². The van der Waals surface area contributed by atoms with E-state index in [4.69, 9.17) is 4.74 Å². The molecule has 0 radical (unpaired) electrons. The zero-order valence-corrected chi connectivity index (χ0v) is 13.7. The van der Waals surface area contributed by atoms with Crippen LogP contribution in [-0.2, 0) is 4.74 Å². The highest BCUT2D eigenvalue weighted by Crippen LogP contribution is 2.38. The maximum absolute atomic E-state index is 9.70. The summed E-state index contributed by atoms with van der Waals surface area (Å²) in [7, 11) is 1.78. The van der Waals surface area contributed by atoms with Gasteiger partial charge in [0.2, 0.25) is 0 Å². The van der Waals surface area contributed by atoms with Crippen LogP contribution in [-0.4, -0.2) is 49.8 Å². The van der Waals surface area contributed by atoms with Crippen LogP contribution in [0.5, 0.6) is 0 Å². The Bertz CT molecular complexity index is 350. The molecule has 2 saturated carbocycles. The average Bonchev–Trinajstić information content (AvgIpc) is 3.27. The van der Waals surface area contributed by atoms with Crippen LogP contribution in [0.15, 0.2) is 0 Å². The van der Waals surface area contributed by atoms with Gasteiger partial charge in [-0.3, -0.25) is 10.2 Å². The molecule has 0 aliphatic heterocycles. The predicted octanol–water partition coefficient (Wildman–Crippen LogP) is 2.55. The number of hydrogen-bond acceptors (Lipinski definition) is 4. The van der Waals surface area contributed by atoms with Crippen molar-refractivity contribution >= 4 is 0 Å². The number of ether oxygens (including phenoxy) is 1. The van der Waals surface area contributed by atoms with E-state index in [9.17, 15) is 5.26 Å². The van der Waals surface area contributed by atoms with E-state index >= 15 is 0 Å². The molecule has 0 heterocycles. The second-order valence-electron chi connectivity index (χ2n) is 6.65. The Labute approximate surface area is 129 Å². The second kappa shape index (κ2) is 8.12. The van der Waals surface area contributed by atoms with E-state index in [1.54, 1.807) is 7.11 Å². The molecule has 0 aromatic rings. The van der Waals surface area contributed by atoms with Crippen molar-refractivity contribution in [2.24, 2.45) is 5.92 Å². The number of hydrogen-bond donors (Lipinski definition) is 1. The molecule has 2 fully saturated rings. The van der Waals surface area contributed by atoms with Crippen LogP contribution < -0.4 is 5.32 Å². The molecule has 0 spiro atoms. The molecule has 2 aliphatic rings. The number of methoxy groups -OCH3 is 1. The van der Waals surface area contributed by atoms with Crippen molar-refractivity contribution in [2.45, 2.75) is 63.5 Å². The maximum Gasteiger partial charge on any atom is 0.109 e. The Morgan fingerprint density at radius 3 is 2.76 bits per heavy atom. The molecule has 21 heavy (non-hydrogen) atoms. The molecule has 2 aliphatic carbocycles. The van der Waals surface area contributed by atoms with E-state index in [1.807, 2.05) is 0 Å². The van der Waals surface area contributed by atoms with E-state index < -0.39 is 0 Å². The molecule has 0 saturated heterocycles. The summed E-state index contributed by atoms with van der Waals surface area (Å²) in [6, 6.07) is 3.40. The highest BCUT2D eigenvalue weighted by Gasteiger charge is 2.42. The fraction of sp³-hybridized carbons (Fsp3) is 0.941. The van der Waals surface area contributed by atoms with Crippen LogP contribution in [0.1, 0.15) is 51.9 Å². The van der Waals surface area contributed by atoms with Crippen LogP contribution in [0.3, 0.4) is 0 Å². The number of nitrogens with one attached hydrogen (secondary N) is 1. The minimum absolute atomic E-state index is 0.257. The highest BCUT2D eigenvalue weighted by molar-refractivity contribution is 5.14. The standard InChI is InChI=1S/C17H31N3O/c1-3-10-19-17(14-18)9-4-5-15(17)8-11-20(12-13-21-2)16-6-7-16/h15-16,19H,3-13H2,1-2H3. The van der Waals surface area contributed by atoms with Gasteiger partial charge in [0.15, 0.2) is 0 Å². The molecule has 2 atom stereocenters. The van der Waals surface area contributed by atoms with Gasteiger partial charge < -0.3 is 4.74 Å². The third-order valence-electron chi connectivity index (χ3n) is 5.12. The summed E-state index contributed by atoms with van der Waals surface area (Å²) < 4.78 is 5.23. The summed E-state index contributed by atoms with van der Waals surface area (Å²) >= 11 is 0. The molecule has 2 rings (SSSR count). The largest absolute Gasteiger partial charge is 0.383 e. The van der Waals surface area contributed by atoms with E-state index in [1.165, 1.54) is 25.7 Å². The van der Waals surface area contributed by atoms with E-state index in [0.29, 0.717) is 5.92 Å². The van der Waals surface area contributed by atoms with Crippen molar-refractivity contribution in [3.8, 4) is 6.07 Å². The highest BCUT2D eigenvalue weighted by atomic mass is 16.5. The predicted molar refractivity (Wildman–Crippen MR) is 85.1 cm³/mol. The van der Waals surface area contributed by atoms with E-state index in [-0.39, 0.29) is 5.54 Å². The Kier molecular flexibility index (Phi) is 6.47. The minimum Gasteiger partial charge on any atom is -0.383 e. The topological polar surface area (TPSA) is 48.3 Å². The molecule has 1 N–H and O–H groups in total.